The molecule has 0 heterocycles. The maximum Gasteiger partial charge on any atom is 0.394 e. The lowest BCUT2D eigenvalue weighted by molar-refractivity contribution is -0.157. The van der Waals surface area contributed by atoms with E-state index in [0.717, 1.165) is 6.42 Å². The van der Waals surface area contributed by atoms with E-state index in [4.69, 9.17) is 9.84 Å². The first-order valence-corrected chi connectivity index (χ1v) is 4.57. The van der Waals surface area contributed by atoms with Gasteiger partial charge in [0, 0.05) is 19.7 Å². The topological polar surface area (TPSA) is 66.8 Å². The van der Waals surface area contributed by atoms with Crippen LogP contribution in [0.3, 0.4) is 0 Å². The Morgan fingerprint density at radius 2 is 2.07 bits per heavy atom. The molecule has 5 heteroatoms. The van der Waals surface area contributed by atoms with E-state index >= 15 is 0 Å². The van der Waals surface area contributed by atoms with Gasteiger partial charge in [-0.25, -0.2) is 4.79 Å². The van der Waals surface area contributed by atoms with E-state index in [1.165, 1.54) is 12.0 Å². The number of ether oxygens (including phenoxy) is 1. The van der Waals surface area contributed by atoms with Crippen molar-refractivity contribution in [2.24, 2.45) is 0 Å². The zero-order valence-corrected chi connectivity index (χ0v) is 8.82. The number of carboxylic acid groups (broad SMARTS) is 1. The molecule has 0 aromatic carbocycles. The predicted molar refractivity (Wildman–Crippen MR) is 51.0 cm³/mol. The van der Waals surface area contributed by atoms with Crippen LogP contribution in [0, 0.1) is 0 Å². The van der Waals surface area contributed by atoms with E-state index in [9.17, 15) is 9.59 Å². The van der Waals surface area contributed by atoms with Crippen molar-refractivity contribution in [2.45, 2.75) is 26.3 Å². The Morgan fingerprint density at radius 3 is 2.43 bits per heavy atom. The molecule has 0 bridgehead atoms. The number of rotatable bonds is 5. The highest BCUT2D eigenvalue weighted by Gasteiger charge is 2.24. The maximum absolute atomic E-state index is 11.2. The fraction of sp³-hybridized carbons (Fsp3) is 0.778. The van der Waals surface area contributed by atoms with Crippen LogP contribution in [0.25, 0.3) is 0 Å². The molecule has 1 unspecified atom stereocenters. The van der Waals surface area contributed by atoms with E-state index in [0.29, 0.717) is 13.2 Å². The van der Waals surface area contributed by atoms with Gasteiger partial charge < -0.3 is 14.7 Å². The summed E-state index contributed by atoms with van der Waals surface area (Å²) in [5.41, 5.74) is 0. The van der Waals surface area contributed by atoms with Crippen molar-refractivity contribution < 1.29 is 19.4 Å². The van der Waals surface area contributed by atoms with Crippen LogP contribution >= 0.6 is 0 Å². The summed E-state index contributed by atoms with van der Waals surface area (Å²) in [7, 11) is 1.51. The molecule has 0 saturated heterocycles. The number of carbonyl (C=O) groups is 2. The highest BCUT2D eigenvalue weighted by atomic mass is 16.5. The van der Waals surface area contributed by atoms with Crippen molar-refractivity contribution in [2.75, 3.05) is 20.3 Å². The molecule has 5 nitrogen and oxygen atoms in total. The summed E-state index contributed by atoms with van der Waals surface area (Å²) >= 11 is 0. The van der Waals surface area contributed by atoms with Gasteiger partial charge in [-0.1, -0.05) is 6.92 Å². The van der Waals surface area contributed by atoms with Gasteiger partial charge in [-0.2, -0.15) is 0 Å². The zero-order chi connectivity index (χ0) is 11.1. The summed E-state index contributed by atoms with van der Waals surface area (Å²) in [5.74, 6) is -2.28. The standard InChI is InChI=1S/C9H17NO4/c1-4-7(2)10(5-6-14-3)8(11)9(12)13/h7H,4-6H2,1-3H3,(H,12,13). The number of hydrogen-bond donors (Lipinski definition) is 1. The van der Waals surface area contributed by atoms with Crippen LogP contribution in [-0.2, 0) is 14.3 Å². The SMILES string of the molecule is CCC(C)N(CCOC)C(=O)C(=O)O. The van der Waals surface area contributed by atoms with Crippen LogP contribution in [0.2, 0.25) is 0 Å². The number of aliphatic carboxylic acids is 1. The Kier molecular flexibility index (Phi) is 5.87. The highest BCUT2D eigenvalue weighted by molar-refractivity contribution is 6.31. The number of carboxylic acids is 1. The molecular formula is C9H17NO4. The number of amides is 1. The molecule has 0 radical (unpaired) electrons. The lowest BCUT2D eigenvalue weighted by atomic mass is 10.2. The van der Waals surface area contributed by atoms with E-state index in [-0.39, 0.29) is 6.04 Å². The second-order valence-electron chi connectivity index (χ2n) is 3.05. The number of carbonyl (C=O) groups excluding carboxylic acids is 1. The molecule has 0 saturated carbocycles. The smallest absolute Gasteiger partial charge is 0.394 e. The molecule has 1 atom stereocenters. The predicted octanol–water partition coefficient (Wildman–Crippen LogP) is 0.344. The average Bonchev–Trinajstić information content (AvgIpc) is 2.17. The largest absolute Gasteiger partial charge is 0.474 e. The minimum atomic E-state index is -1.42. The fourth-order valence-electron chi connectivity index (χ4n) is 1.05. The fourth-order valence-corrected chi connectivity index (χ4v) is 1.05. The van der Waals surface area contributed by atoms with E-state index < -0.39 is 11.9 Å². The molecule has 0 spiro atoms. The molecule has 1 N–H and O–H groups in total. The minimum Gasteiger partial charge on any atom is -0.474 e. The van der Waals surface area contributed by atoms with Gasteiger partial charge in [0.25, 0.3) is 0 Å². The molecular weight excluding hydrogens is 186 g/mol. The third-order valence-corrected chi connectivity index (χ3v) is 2.10. The molecule has 82 valence electrons. The Balaban J connectivity index is 4.38. The van der Waals surface area contributed by atoms with Crippen molar-refractivity contribution in [3.05, 3.63) is 0 Å². The normalized spacial score (nSPS) is 12.2. The first kappa shape index (κ1) is 12.9. The van der Waals surface area contributed by atoms with Gasteiger partial charge in [0.2, 0.25) is 0 Å². The van der Waals surface area contributed by atoms with Crippen LogP contribution < -0.4 is 0 Å². The molecule has 1 amide bonds. The molecule has 0 aliphatic rings. The number of nitrogens with zero attached hydrogens (tertiary/aromatic N) is 1. The molecule has 0 rings (SSSR count). The molecule has 0 aromatic heterocycles. The summed E-state index contributed by atoms with van der Waals surface area (Å²) in [4.78, 5) is 23.0. The molecule has 0 aromatic rings. The molecule has 0 fully saturated rings. The number of hydrogen-bond acceptors (Lipinski definition) is 3. The second-order valence-corrected chi connectivity index (χ2v) is 3.05. The summed E-state index contributed by atoms with van der Waals surface area (Å²) < 4.78 is 4.81. The van der Waals surface area contributed by atoms with Crippen LogP contribution in [-0.4, -0.2) is 48.2 Å². The molecule has 0 aliphatic carbocycles. The molecule has 14 heavy (non-hydrogen) atoms. The highest BCUT2D eigenvalue weighted by Crippen LogP contribution is 2.03. The van der Waals surface area contributed by atoms with Crippen LogP contribution in [0.15, 0.2) is 0 Å². The third-order valence-electron chi connectivity index (χ3n) is 2.10. The summed E-state index contributed by atoms with van der Waals surface area (Å²) in [6.45, 7) is 4.39. The quantitative estimate of drug-likeness (QED) is 0.654. The third kappa shape index (κ3) is 3.74. The van der Waals surface area contributed by atoms with Gasteiger partial charge in [-0.3, -0.25) is 4.79 Å². The maximum atomic E-state index is 11.2. The van der Waals surface area contributed by atoms with Crippen molar-refractivity contribution in [3.63, 3.8) is 0 Å². The van der Waals surface area contributed by atoms with Crippen molar-refractivity contribution in [1.29, 1.82) is 0 Å². The van der Waals surface area contributed by atoms with Gasteiger partial charge >= 0.3 is 11.9 Å². The first-order valence-electron chi connectivity index (χ1n) is 4.57. The minimum absolute atomic E-state index is 0.0752. The lowest BCUT2D eigenvalue weighted by Gasteiger charge is -2.26. The summed E-state index contributed by atoms with van der Waals surface area (Å²) in [6, 6.07) is -0.0752. The van der Waals surface area contributed by atoms with E-state index in [1.807, 2.05) is 13.8 Å². The van der Waals surface area contributed by atoms with Gasteiger partial charge in [0.15, 0.2) is 0 Å². The molecule has 0 aliphatic heterocycles. The zero-order valence-electron chi connectivity index (χ0n) is 8.82. The Bertz CT molecular complexity index is 205. The second kappa shape index (κ2) is 6.37. The first-order chi connectivity index (χ1) is 6.54. The lowest BCUT2D eigenvalue weighted by Crippen LogP contribution is -2.44. The van der Waals surface area contributed by atoms with Gasteiger partial charge in [-0.15, -0.1) is 0 Å². The van der Waals surface area contributed by atoms with Crippen molar-refractivity contribution in [3.8, 4) is 0 Å². The van der Waals surface area contributed by atoms with E-state index in [2.05, 4.69) is 0 Å². The number of methoxy groups -OCH3 is 1. The Morgan fingerprint density at radius 1 is 1.50 bits per heavy atom. The summed E-state index contributed by atoms with van der Waals surface area (Å²) in [6.07, 6.45) is 0.725. The van der Waals surface area contributed by atoms with Crippen LogP contribution in [0.1, 0.15) is 20.3 Å². The monoisotopic (exact) mass is 203 g/mol. The van der Waals surface area contributed by atoms with E-state index in [1.54, 1.807) is 0 Å². The van der Waals surface area contributed by atoms with Crippen molar-refractivity contribution >= 4 is 11.9 Å². The van der Waals surface area contributed by atoms with Gasteiger partial charge in [0.1, 0.15) is 0 Å². The van der Waals surface area contributed by atoms with Gasteiger partial charge in [0.05, 0.1) is 6.61 Å². The van der Waals surface area contributed by atoms with Gasteiger partial charge in [-0.05, 0) is 13.3 Å². The Labute approximate surface area is 83.6 Å². The van der Waals surface area contributed by atoms with Crippen LogP contribution in [0.4, 0.5) is 0 Å². The van der Waals surface area contributed by atoms with Crippen molar-refractivity contribution in [1.82, 2.24) is 4.90 Å². The Hall–Kier alpha value is -1.10. The van der Waals surface area contributed by atoms with Crippen LogP contribution in [0.5, 0.6) is 0 Å². The summed E-state index contributed by atoms with van der Waals surface area (Å²) in [5, 5.41) is 8.56. The average molecular weight is 203 g/mol.